The van der Waals surface area contributed by atoms with Crippen LogP contribution >= 0.6 is 15.9 Å². The summed E-state index contributed by atoms with van der Waals surface area (Å²) in [6.45, 7) is 4.90. The van der Waals surface area contributed by atoms with Crippen molar-refractivity contribution in [3.63, 3.8) is 0 Å². The van der Waals surface area contributed by atoms with Gasteiger partial charge in [-0.1, -0.05) is 0 Å². The summed E-state index contributed by atoms with van der Waals surface area (Å²) >= 11 is 3.03. The van der Waals surface area contributed by atoms with E-state index in [0.29, 0.717) is 0 Å². The number of hydrogen-bond donors (Lipinski definition) is 3. The SMILES string of the molecule is CC(C)(C)OC(=O)NCC(O)CNc1c(Br)cc(F)cc1[N+](=O)[O-]. The number of carbonyl (C=O) groups is 1. The number of nitro benzene ring substituents is 1. The third-order valence-corrected chi connectivity index (χ3v) is 3.25. The summed E-state index contributed by atoms with van der Waals surface area (Å²) in [7, 11) is 0. The number of aliphatic hydroxyl groups is 1. The van der Waals surface area contributed by atoms with Gasteiger partial charge in [0.15, 0.2) is 0 Å². The first-order chi connectivity index (χ1) is 11.0. The number of amides is 1. The van der Waals surface area contributed by atoms with Gasteiger partial charge < -0.3 is 20.5 Å². The van der Waals surface area contributed by atoms with E-state index >= 15 is 0 Å². The lowest BCUT2D eigenvalue weighted by molar-refractivity contribution is -0.384. The number of alkyl carbamates (subject to hydrolysis) is 1. The van der Waals surface area contributed by atoms with Crippen LogP contribution in [0.15, 0.2) is 16.6 Å². The van der Waals surface area contributed by atoms with E-state index in [0.717, 1.165) is 12.1 Å². The highest BCUT2D eigenvalue weighted by Crippen LogP contribution is 2.33. The first-order valence-electron chi connectivity index (χ1n) is 7.02. The topological polar surface area (TPSA) is 114 Å². The fourth-order valence-corrected chi connectivity index (χ4v) is 2.25. The summed E-state index contributed by atoms with van der Waals surface area (Å²) in [5.74, 6) is -0.758. The molecule has 0 bridgehead atoms. The number of nitrogens with one attached hydrogen (secondary N) is 2. The molecule has 134 valence electrons. The highest BCUT2D eigenvalue weighted by Gasteiger charge is 2.20. The average Bonchev–Trinajstić information content (AvgIpc) is 2.41. The van der Waals surface area contributed by atoms with Crippen molar-refractivity contribution in [1.29, 1.82) is 0 Å². The van der Waals surface area contributed by atoms with Crippen LogP contribution in [0, 0.1) is 15.9 Å². The quantitative estimate of drug-likeness (QED) is 0.493. The molecule has 8 nitrogen and oxygen atoms in total. The molecule has 0 saturated carbocycles. The Bertz CT molecular complexity index is 621. The van der Waals surface area contributed by atoms with E-state index in [9.17, 15) is 24.4 Å². The zero-order chi connectivity index (χ0) is 18.5. The first-order valence-corrected chi connectivity index (χ1v) is 7.81. The maximum atomic E-state index is 13.2. The maximum Gasteiger partial charge on any atom is 0.407 e. The lowest BCUT2D eigenvalue weighted by Gasteiger charge is -2.20. The van der Waals surface area contributed by atoms with Gasteiger partial charge in [0.2, 0.25) is 0 Å². The molecular weight excluding hydrogens is 389 g/mol. The van der Waals surface area contributed by atoms with Gasteiger partial charge in [0, 0.05) is 13.1 Å². The van der Waals surface area contributed by atoms with Crippen LogP contribution in [0.1, 0.15) is 20.8 Å². The minimum absolute atomic E-state index is 0.0396. The Labute approximate surface area is 146 Å². The van der Waals surface area contributed by atoms with E-state index in [2.05, 4.69) is 26.6 Å². The summed E-state index contributed by atoms with van der Waals surface area (Å²) in [6, 6.07) is 1.85. The zero-order valence-corrected chi connectivity index (χ0v) is 15.0. The summed E-state index contributed by atoms with van der Waals surface area (Å²) in [4.78, 5) is 21.7. The van der Waals surface area contributed by atoms with Gasteiger partial charge in [0.1, 0.15) is 17.1 Å². The van der Waals surface area contributed by atoms with Gasteiger partial charge in [-0.15, -0.1) is 0 Å². The summed E-state index contributed by atoms with van der Waals surface area (Å²) in [5, 5.41) is 25.8. The molecule has 1 atom stereocenters. The van der Waals surface area contributed by atoms with Gasteiger partial charge in [-0.2, -0.15) is 0 Å². The highest BCUT2D eigenvalue weighted by atomic mass is 79.9. The van der Waals surface area contributed by atoms with Gasteiger partial charge in [-0.3, -0.25) is 10.1 Å². The lowest BCUT2D eigenvalue weighted by Crippen LogP contribution is -2.39. The second kappa shape index (κ2) is 8.25. The molecule has 3 N–H and O–H groups in total. The number of benzene rings is 1. The molecule has 0 heterocycles. The molecule has 0 spiro atoms. The number of aliphatic hydroxyl groups excluding tert-OH is 1. The van der Waals surface area contributed by atoms with E-state index in [1.54, 1.807) is 20.8 Å². The van der Waals surface area contributed by atoms with Crippen LogP contribution in [0.4, 0.5) is 20.6 Å². The highest BCUT2D eigenvalue weighted by molar-refractivity contribution is 9.10. The van der Waals surface area contributed by atoms with Gasteiger partial charge >= 0.3 is 6.09 Å². The molecule has 10 heteroatoms. The summed E-state index contributed by atoms with van der Waals surface area (Å²) in [5.41, 5.74) is -1.08. The number of hydrogen-bond acceptors (Lipinski definition) is 6. The molecule has 0 radical (unpaired) electrons. The minimum Gasteiger partial charge on any atom is -0.444 e. The van der Waals surface area contributed by atoms with E-state index in [1.807, 2.05) is 0 Å². The molecule has 0 aliphatic heterocycles. The molecule has 1 rings (SSSR count). The van der Waals surface area contributed by atoms with Crippen LogP contribution < -0.4 is 10.6 Å². The van der Waals surface area contributed by atoms with Crippen molar-refractivity contribution >= 4 is 33.4 Å². The van der Waals surface area contributed by atoms with Gasteiger partial charge in [-0.25, -0.2) is 9.18 Å². The normalized spacial score (nSPS) is 12.4. The first kappa shape index (κ1) is 20.1. The molecule has 0 fully saturated rings. The van der Waals surface area contributed by atoms with Crippen molar-refractivity contribution in [2.45, 2.75) is 32.5 Å². The zero-order valence-electron chi connectivity index (χ0n) is 13.4. The van der Waals surface area contributed by atoms with Gasteiger partial charge in [-0.05, 0) is 42.8 Å². The van der Waals surface area contributed by atoms with Crippen LogP contribution in [0.5, 0.6) is 0 Å². The number of carbonyl (C=O) groups excluding carboxylic acids is 1. The lowest BCUT2D eigenvalue weighted by atomic mass is 10.2. The van der Waals surface area contributed by atoms with Crippen molar-refractivity contribution in [3.05, 3.63) is 32.5 Å². The second-order valence-electron chi connectivity index (χ2n) is 5.96. The number of nitro groups is 1. The summed E-state index contributed by atoms with van der Waals surface area (Å²) < 4.78 is 18.4. The smallest absolute Gasteiger partial charge is 0.407 e. The number of ether oxygens (including phenoxy) is 1. The molecule has 0 aliphatic carbocycles. The molecule has 1 aromatic rings. The van der Waals surface area contributed by atoms with Gasteiger partial charge in [0.05, 0.1) is 21.6 Å². The molecule has 0 saturated heterocycles. The van der Waals surface area contributed by atoms with Crippen LogP contribution in [-0.4, -0.2) is 40.9 Å². The Morgan fingerprint density at radius 3 is 2.62 bits per heavy atom. The predicted octanol–water partition coefficient (Wildman–Crippen LogP) is 2.79. The third kappa shape index (κ3) is 6.67. The molecule has 0 aromatic heterocycles. The molecule has 1 aromatic carbocycles. The Morgan fingerprint density at radius 1 is 1.46 bits per heavy atom. The maximum absolute atomic E-state index is 13.2. The van der Waals surface area contributed by atoms with Gasteiger partial charge in [0.25, 0.3) is 5.69 Å². The molecule has 24 heavy (non-hydrogen) atoms. The fourth-order valence-electron chi connectivity index (χ4n) is 1.69. The monoisotopic (exact) mass is 407 g/mol. The molecule has 1 unspecified atom stereocenters. The van der Waals surface area contributed by atoms with Crippen molar-refractivity contribution in [2.75, 3.05) is 18.4 Å². The average molecular weight is 408 g/mol. The number of nitrogens with zero attached hydrogens (tertiary/aromatic N) is 1. The largest absolute Gasteiger partial charge is 0.444 e. The van der Waals surface area contributed by atoms with Crippen LogP contribution in [0.25, 0.3) is 0 Å². The number of rotatable bonds is 6. The van der Waals surface area contributed by atoms with Crippen molar-refractivity contribution < 1.29 is 24.0 Å². The molecule has 0 aliphatic rings. The molecule has 1 amide bonds. The van der Waals surface area contributed by atoms with Crippen LogP contribution in [-0.2, 0) is 4.74 Å². The predicted molar refractivity (Wildman–Crippen MR) is 89.5 cm³/mol. The fraction of sp³-hybridized carbons (Fsp3) is 0.500. The molecular formula is C14H19BrFN3O5. The number of anilines is 1. The van der Waals surface area contributed by atoms with E-state index < -0.39 is 34.2 Å². The van der Waals surface area contributed by atoms with Crippen molar-refractivity contribution in [2.24, 2.45) is 0 Å². The minimum atomic E-state index is -1.03. The Kier molecular flexibility index (Phi) is 6.91. The van der Waals surface area contributed by atoms with E-state index in [-0.39, 0.29) is 23.2 Å². The third-order valence-electron chi connectivity index (χ3n) is 2.63. The summed E-state index contributed by atoms with van der Waals surface area (Å²) in [6.07, 6.45) is -1.72. The van der Waals surface area contributed by atoms with Crippen LogP contribution in [0.3, 0.4) is 0 Å². The second-order valence-corrected chi connectivity index (χ2v) is 6.81. The van der Waals surface area contributed by atoms with Crippen molar-refractivity contribution in [3.8, 4) is 0 Å². The van der Waals surface area contributed by atoms with E-state index in [1.165, 1.54) is 0 Å². The number of halogens is 2. The Hall–Kier alpha value is -1.94. The Morgan fingerprint density at radius 2 is 2.08 bits per heavy atom. The standard InChI is InChI=1S/C14H19BrFN3O5/c1-14(2,3)24-13(21)18-7-9(20)6-17-12-10(15)4-8(16)5-11(12)19(22)23/h4-5,9,17,20H,6-7H2,1-3H3,(H,18,21). The Balaban J connectivity index is 2.60. The van der Waals surface area contributed by atoms with E-state index in [4.69, 9.17) is 4.74 Å². The van der Waals surface area contributed by atoms with Crippen molar-refractivity contribution in [1.82, 2.24) is 5.32 Å². The van der Waals surface area contributed by atoms with Crippen LogP contribution in [0.2, 0.25) is 0 Å².